The molecule has 0 atom stereocenters. The lowest BCUT2D eigenvalue weighted by atomic mass is 10.4. The van der Waals surface area contributed by atoms with Gasteiger partial charge >= 0.3 is 0 Å². The summed E-state index contributed by atoms with van der Waals surface area (Å²) in [7, 11) is 0. The van der Waals surface area contributed by atoms with Crippen molar-refractivity contribution in [3.63, 3.8) is 0 Å². The van der Waals surface area contributed by atoms with E-state index in [0.717, 1.165) is 4.68 Å². The number of anilines is 1. The van der Waals surface area contributed by atoms with Crippen molar-refractivity contribution in [1.82, 2.24) is 9.66 Å². The average molecular weight is 166 g/mol. The van der Waals surface area contributed by atoms with Crippen molar-refractivity contribution in [2.75, 3.05) is 5.73 Å². The van der Waals surface area contributed by atoms with Crippen molar-refractivity contribution >= 4 is 12.5 Å². The fourth-order valence-electron chi connectivity index (χ4n) is 0.924. The van der Waals surface area contributed by atoms with Gasteiger partial charge in [0, 0.05) is 19.2 Å². The molecule has 0 bridgehead atoms. The Morgan fingerprint density at radius 1 is 1.83 bits per heavy atom. The van der Waals surface area contributed by atoms with Crippen LogP contribution in [0.1, 0.15) is 12.7 Å². The summed E-state index contributed by atoms with van der Waals surface area (Å²) in [6.07, 6.45) is 0.597. The highest BCUT2D eigenvalue weighted by molar-refractivity contribution is 5.28. The smallest absolute Gasteiger partial charge is 0.276 e. The van der Waals surface area contributed by atoms with Crippen molar-refractivity contribution in [2.24, 2.45) is 5.10 Å². The molecule has 0 aliphatic heterocycles. The van der Waals surface area contributed by atoms with Gasteiger partial charge in [-0.25, -0.2) is 4.98 Å². The molecule has 0 spiro atoms. The van der Waals surface area contributed by atoms with Crippen LogP contribution < -0.4 is 11.3 Å². The first-order chi connectivity index (χ1) is 5.69. The third kappa shape index (κ3) is 1.34. The predicted octanol–water partition coefficient (Wildman–Crippen LogP) is -0.148. The van der Waals surface area contributed by atoms with Gasteiger partial charge in [-0.2, -0.15) is 9.78 Å². The van der Waals surface area contributed by atoms with Gasteiger partial charge in [-0.1, -0.05) is 6.92 Å². The molecule has 0 amide bonds. The van der Waals surface area contributed by atoms with Crippen LogP contribution in [0.5, 0.6) is 0 Å². The van der Waals surface area contributed by atoms with E-state index < -0.39 is 0 Å². The van der Waals surface area contributed by atoms with Gasteiger partial charge in [-0.3, -0.25) is 4.79 Å². The molecule has 12 heavy (non-hydrogen) atoms. The second-order valence-electron chi connectivity index (χ2n) is 2.24. The zero-order chi connectivity index (χ0) is 9.14. The van der Waals surface area contributed by atoms with Crippen LogP contribution >= 0.6 is 0 Å². The lowest BCUT2D eigenvalue weighted by molar-refractivity contribution is 0.725. The number of nitrogen functional groups attached to an aromatic ring is 1. The number of nitrogens with two attached hydrogens (primary N) is 1. The number of nitrogens with zero attached hydrogens (tertiary/aromatic N) is 3. The maximum absolute atomic E-state index is 11.2. The Morgan fingerprint density at radius 2 is 2.50 bits per heavy atom. The second-order valence-corrected chi connectivity index (χ2v) is 2.24. The van der Waals surface area contributed by atoms with Crippen molar-refractivity contribution in [3.05, 3.63) is 22.2 Å². The Bertz CT molecular complexity index is 355. The zero-order valence-corrected chi connectivity index (χ0v) is 6.82. The molecular formula is C7H10N4O. The van der Waals surface area contributed by atoms with E-state index >= 15 is 0 Å². The number of rotatable bonds is 2. The van der Waals surface area contributed by atoms with Crippen LogP contribution in [-0.2, 0) is 6.42 Å². The molecule has 0 saturated carbocycles. The molecule has 0 aromatic carbocycles. The number of hydrogen-bond donors (Lipinski definition) is 1. The van der Waals surface area contributed by atoms with Crippen LogP contribution in [-0.4, -0.2) is 16.4 Å². The molecule has 0 unspecified atom stereocenters. The minimum atomic E-state index is -0.297. The van der Waals surface area contributed by atoms with E-state index in [1.807, 2.05) is 6.92 Å². The third-order valence-electron chi connectivity index (χ3n) is 1.44. The number of aryl methyl sites for hydroxylation is 1. The monoisotopic (exact) mass is 166 g/mol. The van der Waals surface area contributed by atoms with Crippen molar-refractivity contribution in [1.29, 1.82) is 0 Å². The Morgan fingerprint density at radius 3 is 3.00 bits per heavy atom. The second kappa shape index (κ2) is 3.17. The summed E-state index contributed by atoms with van der Waals surface area (Å²) in [5.74, 6) is 0.742. The molecule has 1 aromatic rings. The first kappa shape index (κ1) is 8.45. The third-order valence-corrected chi connectivity index (χ3v) is 1.44. The van der Waals surface area contributed by atoms with E-state index in [1.165, 1.54) is 6.07 Å². The van der Waals surface area contributed by atoms with E-state index in [-0.39, 0.29) is 11.4 Å². The summed E-state index contributed by atoms with van der Waals surface area (Å²) >= 11 is 0. The van der Waals surface area contributed by atoms with Crippen LogP contribution in [0, 0.1) is 0 Å². The highest BCUT2D eigenvalue weighted by Crippen LogP contribution is 1.97. The van der Waals surface area contributed by atoms with Crippen LogP contribution in [0.3, 0.4) is 0 Å². The fraction of sp³-hybridized carbons (Fsp3) is 0.286. The first-order valence-electron chi connectivity index (χ1n) is 3.54. The van der Waals surface area contributed by atoms with Gasteiger partial charge in [-0.05, 0) is 0 Å². The van der Waals surface area contributed by atoms with Gasteiger partial charge in [0.15, 0.2) is 0 Å². The van der Waals surface area contributed by atoms with Crippen molar-refractivity contribution in [2.45, 2.75) is 13.3 Å². The van der Waals surface area contributed by atoms with Gasteiger partial charge in [-0.15, -0.1) is 0 Å². The molecule has 1 rings (SSSR count). The molecule has 0 radical (unpaired) electrons. The number of aromatic nitrogens is 2. The molecule has 2 N–H and O–H groups in total. The molecule has 0 saturated heterocycles. The summed E-state index contributed by atoms with van der Waals surface area (Å²) in [5.41, 5.74) is 5.08. The van der Waals surface area contributed by atoms with Crippen LogP contribution in [0.2, 0.25) is 0 Å². The van der Waals surface area contributed by atoms with E-state index in [9.17, 15) is 4.79 Å². The van der Waals surface area contributed by atoms with Crippen LogP contribution in [0.15, 0.2) is 16.0 Å². The molecule has 5 heteroatoms. The Hall–Kier alpha value is -1.65. The first-order valence-corrected chi connectivity index (χ1v) is 3.54. The molecule has 5 nitrogen and oxygen atoms in total. The van der Waals surface area contributed by atoms with Gasteiger partial charge in [0.1, 0.15) is 11.6 Å². The summed E-state index contributed by atoms with van der Waals surface area (Å²) in [6, 6.07) is 1.22. The lowest BCUT2D eigenvalue weighted by Crippen LogP contribution is -2.21. The minimum Gasteiger partial charge on any atom is -0.383 e. The lowest BCUT2D eigenvalue weighted by Gasteiger charge is -2.03. The summed E-state index contributed by atoms with van der Waals surface area (Å²) in [5, 5.41) is 3.52. The molecule has 1 aromatic heterocycles. The van der Waals surface area contributed by atoms with Crippen LogP contribution in [0.4, 0.5) is 5.82 Å². The Balaban J connectivity index is 3.44. The normalized spacial score (nSPS) is 9.75. The highest BCUT2D eigenvalue weighted by Gasteiger charge is 2.02. The van der Waals surface area contributed by atoms with Gasteiger partial charge in [0.2, 0.25) is 0 Å². The quantitative estimate of drug-likeness (QED) is 0.621. The summed E-state index contributed by atoms with van der Waals surface area (Å²) in [6.45, 7) is 5.13. The molecule has 0 aliphatic rings. The molecule has 0 aliphatic carbocycles. The maximum atomic E-state index is 11.2. The van der Waals surface area contributed by atoms with E-state index in [1.54, 1.807) is 0 Å². The molecule has 64 valence electrons. The Kier molecular flexibility index (Phi) is 2.23. The topological polar surface area (TPSA) is 73.3 Å². The standard InChI is InChI=1S/C7H10N4O/c1-3-6-10-5(8)4-7(12)11(6)9-2/h4H,2-3,8H2,1H3. The zero-order valence-electron chi connectivity index (χ0n) is 6.82. The summed E-state index contributed by atoms with van der Waals surface area (Å²) in [4.78, 5) is 15.1. The molecule has 1 heterocycles. The van der Waals surface area contributed by atoms with E-state index in [4.69, 9.17) is 5.73 Å². The van der Waals surface area contributed by atoms with Gasteiger partial charge in [0.05, 0.1) is 0 Å². The molecule has 0 fully saturated rings. The van der Waals surface area contributed by atoms with Gasteiger partial charge in [0.25, 0.3) is 5.56 Å². The number of hydrogen-bond acceptors (Lipinski definition) is 4. The Labute approximate surface area is 69.5 Å². The largest absolute Gasteiger partial charge is 0.383 e. The maximum Gasteiger partial charge on any atom is 0.276 e. The fourth-order valence-corrected chi connectivity index (χ4v) is 0.924. The van der Waals surface area contributed by atoms with E-state index in [2.05, 4.69) is 16.8 Å². The van der Waals surface area contributed by atoms with E-state index in [0.29, 0.717) is 12.2 Å². The van der Waals surface area contributed by atoms with Crippen molar-refractivity contribution < 1.29 is 0 Å². The minimum absolute atomic E-state index is 0.219. The highest BCUT2D eigenvalue weighted by atomic mass is 16.1. The van der Waals surface area contributed by atoms with Crippen LogP contribution in [0.25, 0.3) is 0 Å². The SMILES string of the molecule is C=Nn1c(CC)nc(N)cc1=O. The van der Waals surface area contributed by atoms with Gasteiger partial charge < -0.3 is 5.73 Å². The summed E-state index contributed by atoms with van der Waals surface area (Å²) < 4.78 is 1.14. The molecular weight excluding hydrogens is 156 g/mol. The van der Waals surface area contributed by atoms with Crippen molar-refractivity contribution in [3.8, 4) is 0 Å². The average Bonchev–Trinajstić information content (AvgIpc) is 2.03. The predicted molar refractivity (Wildman–Crippen MR) is 47.2 cm³/mol.